The van der Waals surface area contributed by atoms with E-state index >= 15 is 0 Å². The maximum Gasteiger partial charge on any atom is 0.223 e. The lowest BCUT2D eigenvalue weighted by Crippen LogP contribution is -2.29. The molecule has 1 amide bonds. The summed E-state index contributed by atoms with van der Waals surface area (Å²) in [6, 6.07) is 19.0. The van der Waals surface area contributed by atoms with Gasteiger partial charge in [0.2, 0.25) is 5.91 Å². The van der Waals surface area contributed by atoms with E-state index in [-0.39, 0.29) is 11.8 Å². The summed E-state index contributed by atoms with van der Waals surface area (Å²) in [4.78, 5) is 14.6. The van der Waals surface area contributed by atoms with Crippen molar-refractivity contribution in [3.05, 3.63) is 71.3 Å². The summed E-state index contributed by atoms with van der Waals surface area (Å²) >= 11 is 0. The van der Waals surface area contributed by atoms with E-state index in [4.69, 9.17) is 0 Å². The van der Waals surface area contributed by atoms with Crippen LogP contribution in [0.15, 0.2) is 54.6 Å². The molecule has 1 atom stereocenters. The molecule has 1 aliphatic heterocycles. The Morgan fingerprint density at radius 3 is 2.18 bits per heavy atom. The first-order valence-corrected chi connectivity index (χ1v) is 8.13. The Morgan fingerprint density at radius 1 is 0.955 bits per heavy atom. The molecule has 2 heteroatoms. The number of carbonyl (C=O) groups excluding carboxylic acids is 1. The van der Waals surface area contributed by atoms with Crippen molar-refractivity contribution in [1.82, 2.24) is 4.90 Å². The van der Waals surface area contributed by atoms with Gasteiger partial charge < -0.3 is 4.90 Å². The molecule has 0 unspecified atom stereocenters. The zero-order valence-electron chi connectivity index (χ0n) is 13.2. The van der Waals surface area contributed by atoms with Gasteiger partial charge in [0.05, 0.1) is 0 Å². The molecule has 1 fully saturated rings. The molecule has 114 valence electrons. The predicted octanol–water partition coefficient (Wildman–Crippen LogP) is 4.14. The summed E-state index contributed by atoms with van der Waals surface area (Å²) in [5.41, 5.74) is 3.70. The van der Waals surface area contributed by atoms with Crippen LogP contribution in [0.3, 0.4) is 0 Å². The topological polar surface area (TPSA) is 20.3 Å². The number of benzene rings is 2. The monoisotopic (exact) mass is 293 g/mol. The van der Waals surface area contributed by atoms with Gasteiger partial charge in [0.1, 0.15) is 0 Å². The number of carbonyl (C=O) groups is 1. The second-order valence-corrected chi connectivity index (χ2v) is 6.17. The molecule has 0 bridgehead atoms. The van der Waals surface area contributed by atoms with Crippen LogP contribution in [-0.2, 0) is 4.79 Å². The lowest BCUT2D eigenvalue weighted by molar-refractivity contribution is -0.130. The quantitative estimate of drug-likeness (QED) is 0.829. The third-order valence-electron chi connectivity index (χ3n) is 4.52. The minimum atomic E-state index is 0.148. The molecule has 1 aliphatic rings. The highest BCUT2D eigenvalue weighted by Gasteiger charge is 2.23. The van der Waals surface area contributed by atoms with Crippen molar-refractivity contribution < 1.29 is 4.79 Å². The Bertz CT molecular complexity index is 612. The fourth-order valence-corrected chi connectivity index (χ4v) is 3.18. The average Bonchev–Trinajstić information content (AvgIpc) is 3.09. The Morgan fingerprint density at radius 2 is 1.55 bits per heavy atom. The van der Waals surface area contributed by atoms with Crippen molar-refractivity contribution in [1.29, 1.82) is 0 Å². The van der Waals surface area contributed by atoms with E-state index in [1.165, 1.54) is 16.7 Å². The number of amides is 1. The van der Waals surface area contributed by atoms with Crippen LogP contribution in [-0.4, -0.2) is 23.9 Å². The van der Waals surface area contributed by atoms with Gasteiger partial charge in [-0.1, -0.05) is 60.2 Å². The van der Waals surface area contributed by atoms with Crippen LogP contribution < -0.4 is 0 Å². The molecule has 22 heavy (non-hydrogen) atoms. The Kier molecular flexibility index (Phi) is 4.57. The number of rotatable bonds is 4. The molecule has 2 aromatic rings. The summed E-state index contributed by atoms with van der Waals surface area (Å²) in [7, 11) is 0. The van der Waals surface area contributed by atoms with Crippen molar-refractivity contribution in [2.75, 3.05) is 13.1 Å². The lowest BCUT2D eigenvalue weighted by Gasteiger charge is -2.22. The SMILES string of the molecule is Cc1ccc([C@@H](CC(=O)N2CCCC2)c2ccccc2)cc1. The molecule has 2 nitrogen and oxygen atoms in total. The van der Waals surface area contributed by atoms with Crippen LogP contribution in [0.2, 0.25) is 0 Å². The average molecular weight is 293 g/mol. The minimum Gasteiger partial charge on any atom is -0.343 e. The molecule has 1 saturated heterocycles. The van der Waals surface area contributed by atoms with E-state index in [1.807, 2.05) is 11.0 Å². The number of aryl methyl sites for hydroxylation is 1. The normalized spacial score (nSPS) is 15.8. The van der Waals surface area contributed by atoms with Crippen molar-refractivity contribution in [3.8, 4) is 0 Å². The summed E-state index contributed by atoms with van der Waals surface area (Å²) in [6.45, 7) is 3.94. The van der Waals surface area contributed by atoms with Crippen LogP contribution in [0.5, 0.6) is 0 Å². The van der Waals surface area contributed by atoms with Gasteiger partial charge in [0, 0.05) is 25.4 Å². The van der Waals surface area contributed by atoms with Gasteiger partial charge in [-0.25, -0.2) is 0 Å². The molecule has 0 spiro atoms. The van der Waals surface area contributed by atoms with E-state index in [1.54, 1.807) is 0 Å². The van der Waals surface area contributed by atoms with Crippen LogP contribution in [0.1, 0.15) is 41.9 Å². The highest BCUT2D eigenvalue weighted by Crippen LogP contribution is 2.29. The predicted molar refractivity (Wildman–Crippen MR) is 89.9 cm³/mol. The van der Waals surface area contributed by atoms with Gasteiger partial charge in [-0.2, -0.15) is 0 Å². The first-order valence-electron chi connectivity index (χ1n) is 8.13. The van der Waals surface area contributed by atoms with Gasteiger partial charge in [-0.05, 0) is 30.9 Å². The standard InChI is InChI=1S/C20H23NO/c1-16-9-11-18(12-10-16)19(17-7-3-2-4-8-17)15-20(22)21-13-5-6-14-21/h2-4,7-12,19H,5-6,13-15H2,1H3/t19-/m0/s1. The molecule has 1 heterocycles. The van der Waals surface area contributed by atoms with Crippen molar-refractivity contribution >= 4 is 5.91 Å². The van der Waals surface area contributed by atoms with Crippen LogP contribution >= 0.6 is 0 Å². The Hall–Kier alpha value is -2.09. The van der Waals surface area contributed by atoms with Crippen LogP contribution in [0.25, 0.3) is 0 Å². The number of nitrogens with zero attached hydrogens (tertiary/aromatic N) is 1. The van der Waals surface area contributed by atoms with Crippen molar-refractivity contribution in [2.24, 2.45) is 0 Å². The maximum absolute atomic E-state index is 12.6. The molecule has 2 aromatic carbocycles. The molecule has 0 aromatic heterocycles. The maximum atomic E-state index is 12.6. The zero-order chi connectivity index (χ0) is 15.4. The second-order valence-electron chi connectivity index (χ2n) is 6.17. The molecule has 3 rings (SSSR count). The van der Waals surface area contributed by atoms with Gasteiger partial charge in [0.25, 0.3) is 0 Å². The van der Waals surface area contributed by atoms with Gasteiger partial charge in [-0.15, -0.1) is 0 Å². The largest absolute Gasteiger partial charge is 0.343 e. The summed E-state index contributed by atoms with van der Waals surface area (Å²) in [5.74, 6) is 0.432. The van der Waals surface area contributed by atoms with E-state index in [0.717, 1.165) is 25.9 Å². The Labute approximate surface area is 132 Å². The fraction of sp³-hybridized carbons (Fsp3) is 0.350. The molecule has 0 saturated carbocycles. The first kappa shape index (κ1) is 14.8. The number of likely N-dealkylation sites (tertiary alicyclic amines) is 1. The van der Waals surface area contributed by atoms with E-state index in [0.29, 0.717) is 6.42 Å². The second kappa shape index (κ2) is 6.78. The van der Waals surface area contributed by atoms with Crippen molar-refractivity contribution in [2.45, 2.75) is 32.1 Å². The van der Waals surface area contributed by atoms with Gasteiger partial charge in [0.15, 0.2) is 0 Å². The summed E-state index contributed by atoms with van der Waals surface area (Å²) in [6.07, 6.45) is 2.85. The summed E-state index contributed by atoms with van der Waals surface area (Å²) in [5, 5.41) is 0. The van der Waals surface area contributed by atoms with Gasteiger partial charge >= 0.3 is 0 Å². The van der Waals surface area contributed by atoms with E-state index in [9.17, 15) is 4.79 Å². The Balaban J connectivity index is 1.86. The van der Waals surface area contributed by atoms with E-state index < -0.39 is 0 Å². The molecule has 0 aliphatic carbocycles. The zero-order valence-corrected chi connectivity index (χ0v) is 13.2. The minimum absolute atomic E-state index is 0.148. The number of hydrogen-bond acceptors (Lipinski definition) is 1. The third-order valence-corrected chi connectivity index (χ3v) is 4.52. The molecule has 0 N–H and O–H groups in total. The van der Waals surface area contributed by atoms with Crippen LogP contribution in [0.4, 0.5) is 0 Å². The fourth-order valence-electron chi connectivity index (χ4n) is 3.18. The molecular formula is C20H23NO. The lowest BCUT2D eigenvalue weighted by atomic mass is 9.88. The van der Waals surface area contributed by atoms with Crippen LogP contribution in [0, 0.1) is 6.92 Å². The van der Waals surface area contributed by atoms with E-state index in [2.05, 4.69) is 55.5 Å². The third kappa shape index (κ3) is 3.38. The molecule has 0 radical (unpaired) electrons. The highest BCUT2D eigenvalue weighted by molar-refractivity contribution is 5.78. The summed E-state index contributed by atoms with van der Waals surface area (Å²) < 4.78 is 0. The molecular weight excluding hydrogens is 270 g/mol. The number of hydrogen-bond donors (Lipinski definition) is 0. The first-order chi connectivity index (χ1) is 10.7. The van der Waals surface area contributed by atoms with Crippen molar-refractivity contribution in [3.63, 3.8) is 0 Å². The van der Waals surface area contributed by atoms with Gasteiger partial charge in [-0.3, -0.25) is 4.79 Å². The highest BCUT2D eigenvalue weighted by atomic mass is 16.2. The smallest absolute Gasteiger partial charge is 0.223 e.